The fourth-order valence-corrected chi connectivity index (χ4v) is 12.8. The molecule has 8 aromatic rings. The molecule has 0 radical (unpaired) electrons. The molecular formula is C52H44O20S6. The topological polar surface area (TPSA) is 291 Å². The molecule has 0 aliphatic heterocycles. The fraction of sp³-hybridized carbons (Fsp3) is 0.115. The quantitative estimate of drug-likeness (QED) is 0.0212. The lowest BCUT2D eigenvalue weighted by molar-refractivity contribution is -0.432. The first kappa shape index (κ1) is 57.6. The third-order valence-electron chi connectivity index (χ3n) is 12.1. The van der Waals surface area contributed by atoms with Gasteiger partial charge in [0.25, 0.3) is 20.2 Å². The van der Waals surface area contributed by atoms with Gasteiger partial charge in [0.05, 0.1) is 55.7 Å². The summed E-state index contributed by atoms with van der Waals surface area (Å²) in [6.45, 7) is 4.79. The van der Waals surface area contributed by atoms with Crippen molar-refractivity contribution < 1.29 is 91.0 Å². The van der Waals surface area contributed by atoms with Gasteiger partial charge < -0.3 is 18.9 Å². The smallest absolute Gasteiger partial charge is 0.298 e. The number of ether oxygens (including phenoxy) is 4. The van der Waals surface area contributed by atoms with Crippen molar-refractivity contribution in [1.82, 2.24) is 0 Å². The standard InChI is InChI=1S/C52H44O20S6/c1-32-5-16-43(29-48(32)73-71-69-53)76(57,58)44-21-24-47(51(30-44)78(62,63)64)68-45-22-10-36(27-49(45)74-72-70-54)52(2,3)37-11-23-46(50(28-37)77(59,60)61)66-31-33-6-17-41(18-7-33)75(55,56)42-19-14-38(15-20-42)67-40-13-9-34-25-39(65-4)12-8-35(34)26-40/h5-30,53-54H,31H2,1-4H3,(H,59,60,61)(H,62,63,64). The lowest BCUT2D eigenvalue weighted by Crippen LogP contribution is -2.20. The Balaban J connectivity index is 0.981. The Morgan fingerprint density at radius 1 is 0.474 bits per heavy atom. The average molecular weight is 1180 g/mol. The Morgan fingerprint density at radius 3 is 1.58 bits per heavy atom. The summed E-state index contributed by atoms with van der Waals surface area (Å²) in [5.74, 6) is 0.778. The van der Waals surface area contributed by atoms with Crippen LogP contribution in [0.1, 0.15) is 36.1 Å². The average Bonchev–Trinajstić information content (AvgIpc) is 3.52. The Kier molecular flexibility index (Phi) is 17.3. The molecule has 0 spiro atoms. The summed E-state index contributed by atoms with van der Waals surface area (Å²) in [7, 11) is -17.0. The second-order valence-electron chi connectivity index (χ2n) is 17.4. The molecule has 0 aliphatic carbocycles. The van der Waals surface area contributed by atoms with E-state index >= 15 is 0 Å². The number of sulfone groups is 2. The van der Waals surface area contributed by atoms with Gasteiger partial charge in [0.15, 0.2) is 0 Å². The number of aryl methyl sites for hydroxylation is 1. The molecule has 0 aliphatic rings. The first-order valence-corrected chi connectivity index (χ1v) is 29.8. The molecule has 408 valence electrons. The maximum atomic E-state index is 13.7. The predicted molar refractivity (Wildman–Crippen MR) is 282 cm³/mol. The highest BCUT2D eigenvalue weighted by Crippen LogP contribution is 2.43. The zero-order valence-electron chi connectivity index (χ0n) is 41.0. The molecular weight excluding hydrogens is 1140 g/mol. The molecule has 20 nitrogen and oxygen atoms in total. The van der Waals surface area contributed by atoms with Crippen molar-refractivity contribution in [2.75, 3.05) is 7.11 Å². The number of hydrogen-bond acceptors (Lipinski definition) is 20. The summed E-state index contributed by atoms with van der Waals surface area (Å²) in [4.78, 5) is -2.15. The molecule has 0 saturated heterocycles. The van der Waals surface area contributed by atoms with Crippen molar-refractivity contribution in [2.24, 2.45) is 0 Å². The van der Waals surface area contributed by atoms with Gasteiger partial charge in [-0.3, -0.25) is 9.11 Å². The highest BCUT2D eigenvalue weighted by molar-refractivity contribution is 7.95. The summed E-state index contributed by atoms with van der Waals surface area (Å²) in [5, 5.41) is 26.9. The van der Waals surface area contributed by atoms with E-state index in [2.05, 4.69) is 14.4 Å². The Morgan fingerprint density at radius 2 is 0.962 bits per heavy atom. The SMILES string of the molecule is COc1ccc2cc(Oc3ccc(S(=O)(=O)c4ccc(COc5ccc(C(C)(C)c6ccc(Oc7ccc(S(=O)(=O)c8ccc(C)c(SOOO)c8)cc7S(=O)(=O)O)c(SOOO)c6)cc5S(=O)(=O)O)cc4)cc3)ccc2c1. The van der Waals surface area contributed by atoms with Crippen LogP contribution in [-0.2, 0) is 70.7 Å². The van der Waals surface area contributed by atoms with Gasteiger partial charge in [-0.15, -0.1) is 8.67 Å². The van der Waals surface area contributed by atoms with Crippen LogP contribution in [0.15, 0.2) is 197 Å². The van der Waals surface area contributed by atoms with Crippen LogP contribution < -0.4 is 18.9 Å². The molecule has 4 N–H and O–H groups in total. The van der Waals surface area contributed by atoms with Gasteiger partial charge in [0.1, 0.15) is 50.9 Å². The van der Waals surface area contributed by atoms with Gasteiger partial charge >= 0.3 is 0 Å². The van der Waals surface area contributed by atoms with E-state index < -0.39 is 65.8 Å². The number of hydrogen-bond donors (Lipinski definition) is 4. The highest BCUT2D eigenvalue weighted by atomic mass is 32.2. The summed E-state index contributed by atoms with van der Waals surface area (Å²) >= 11 is 0.906. The van der Waals surface area contributed by atoms with Crippen LogP contribution in [0, 0.1) is 6.92 Å². The minimum absolute atomic E-state index is 0.0165. The normalized spacial score (nSPS) is 12.4. The van der Waals surface area contributed by atoms with Crippen LogP contribution in [0.5, 0.6) is 34.5 Å². The molecule has 0 amide bonds. The fourth-order valence-electron chi connectivity index (χ4n) is 7.84. The van der Waals surface area contributed by atoms with Crippen molar-refractivity contribution in [3.8, 4) is 34.5 Å². The molecule has 0 bridgehead atoms. The van der Waals surface area contributed by atoms with E-state index in [0.29, 0.717) is 63.9 Å². The minimum atomic E-state index is -5.18. The predicted octanol–water partition coefficient (Wildman–Crippen LogP) is 11.7. The van der Waals surface area contributed by atoms with E-state index in [1.54, 1.807) is 52.1 Å². The Hall–Kier alpha value is -6.60. The minimum Gasteiger partial charge on any atom is -0.497 e. The van der Waals surface area contributed by atoms with E-state index in [1.165, 1.54) is 84.9 Å². The monoisotopic (exact) mass is 1180 g/mol. The van der Waals surface area contributed by atoms with E-state index in [9.17, 15) is 42.8 Å². The second kappa shape index (κ2) is 23.4. The third kappa shape index (κ3) is 12.9. The maximum absolute atomic E-state index is 13.7. The first-order chi connectivity index (χ1) is 36.9. The summed E-state index contributed by atoms with van der Waals surface area (Å²) in [5.41, 5.74) is 0.648. The van der Waals surface area contributed by atoms with Crippen LogP contribution in [-0.4, -0.2) is 60.4 Å². The molecule has 0 unspecified atom stereocenters. The van der Waals surface area contributed by atoms with Crippen LogP contribution in [0.4, 0.5) is 0 Å². The van der Waals surface area contributed by atoms with E-state index in [1.807, 2.05) is 30.3 Å². The maximum Gasteiger partial charge on any atom is 0.298 e. The molecule has 0 aromatic heterocycles. The van der Waals surface area contributed by atoms with Crippen LogP contribution in [0.25, 0.3) is 10.8 Å². The van der Waals surface area contributed by atoms with Crippen molar-refractivity contribution >= 4 is 74.8 Å². The largest absolute Gasteiger partial charge is 0.497 e. The number of methoxy groups -OCH3 is 1. The molecule has 8 rings (SSSR count). The zero-order valence-corrected chi connectivity index (χ0v) is 45.9. The third-order valence-corrected chi connectivity index (χ3v) is 18.8. The van der Waals surface area contributed by atoms with E-state index in [0.717, 1.165) is 28.7 Å². The Labute approximate surface area is 456 Å². The molecule has 0 heterocycles. The highest BCUT2D eigenvalue weighted by Gasteiger charge is 2.30. The van der Waals surface area contributed by atoms with Crippen LogP contribution in [0.3, 0.4) is 0 Å². The summed E-state index contributed by atoms with van der Waals surface area (Å²) < 4.78 is 159. The van der Waals surface area contributed by atoms with Gasteiger partial charge in [0, 0.05) is 10.3 Å². The molecule has 0 fully saturated rings. The van der Waals surface area contributed by atoms with Gasteiger partial charge in [-0.2, -0.15) is 16.8 Å². The zero-order chi connectivity index (χ0) is 56.2. The van der Waals surface area contributed by atoms with Crippen LogP contribution >= 0.6 is 24.1 Å². The molecule has 8 aromatic carbocycles. The molecule has 78 heavy (non-hydrogen) atoms. The van der Waals surface area contributed by atoms with Crippen LogP contribution in [0.2, 0.25) is 0 Å². The lowest BCUT2D eigenvalue weighted by atomic mass is 9.78. The molecule has 26 heteroatoms. The van der Waals surface area contributed by atoms with E-state index in [4.69, 9.17) is 33.8 Å². The number of rotatable bonds is 22. The van der Waals surface area contributed by atoms with E-state index in [-0.39, 0.29) is 42.6 Å². The summed E-state index contributed by atoms with van der Waals surface area (Å²) in [6.07, 6.45) is 0. The van der Waals surface area contributed by atoms with Crippen molar-refractivity contribution in [1.29, 1.82) is 0 Å². The van der Waals surface area contributed by atoms with Gasteiger partial charge in [-0.1, -0.05) is 66.4 Å². The van der Waals surface area contributed by atoms with Gasteiger partial charge in [0.2, 0.25) is 19.7 Å². The van der Waals surface area contributed by atoms with Crippen molar-refractivity contribution in [3.05, 3.63) is 180 Å². The Bertz CT molecular complexity index is 4000. The lowest BCUT2D eigenvalue weighted by Gasteiger charge is -2.28. The number of benzene rings is 8. The van der Waals surface area contributed by atoms with Gasteiger partial charge in [-0.05, 0) is 155 Å². The van der Waals surface area contributed by atoms with Gasteiger partial charge in [-0.25, -0.2) is 27.4 Å². The summed E-state index contributed by atoms with van der Waals surface area (Å²) in [6, 6.07) is 37.9. The molecule has 0 atom stereocenters. The van der Waals surface area contributed by atoms with Crippen molar-refractivity contribution in [2.45, 2.75) is 72.0 Å². The first-order valence-electron chi connectivity index (χ1n) is 22.5. The second-order valence-corrected chi connectivity index (χ2v) is 25.5. The molecule has 0 saturated carbocycles. The van der Waals surface area contributed by atoms with Crippen molar-refractivity contribution in [3.63, 3.8) is 0 Å². The number of fused-ring (bicyclic) bond motifs is 1.